The summed E-state index contributed by atoms with van der Waals surface area (Å²) in [6.07, 6.45) is 2.38. The summed E-state index contributed by atoms with van der Waals surface area (Å²) < 4.78 is 7.16. The summed E-state index contributed by atoms with van der Waals surface area (Å²) in [6, 6.07) is 24.2. The predicted octanol–water partition coefficient (Wildman–Crippen LogP) is 4.11. The fourth-order valence-electron chi connectivity index (χ4n) is 5.02. The van der Waals surface area contributed by atoms with Gasteiger partial charge in [0.15, 0.2) is 0 Å². The van der Waals surface area contributed by atoms with Crippen molar-refractivity contribution in [3.8, 4) is 6.07 Å². The van der Waals surface area contributed by atoms with E-state index in [1.165, 1.54) is 10.4 Å². The van der Waals surface area contributed by atoms with Crippen molar-refractivity contribution in [2.75, 3.05) is 0 Å². The first-order valence-electron chi connectivity index (χ1n) is 9.66. The highest BCUT2D eigenvalue weighted by atomic mass is 28.4. The van der Waals surface area contributed by atoms with Gasteiger partial charge >= 0.3 is 0 Å². The maximum Gasteiger partial charge on any atom is 0.261 e. The van der Waals surface area contributed by atoms with Crippen LogP contribution in [0.3, 0.4) is 0 Å². The van der Waals surface area contributed by atoms with Crippen molar-refractivity contribution in [3.63, 3.8) is 0 Å². The van der Waals surface area contributed by atoms with Crippen LogP contribution in [-0.2, 0) is 4.43 Å². The first kappa shape index (κ1) is 17.5. The molecule has 2 nitrogen and oxygen atoms in total. The van der Waals surface area contributed by atoms with E-state index in [1.807, 2.05) is 0 Å². The van der Waals surface area contributed by atoms with Crippen LogP contribution in [0.5, 0.6) is 0 Å². The van der Waals surface area contributed by atoms with Crippen molar-refractivity contribution in [2.45, 2.75) is 44.8 Å². The maximum absolute atomic E-state index is 9.23. The molecule has 2 fully saturated rings. The van der Waals surface area contributed by atoms with Crippen molar-refractivity contribution < 1.29 is 4.43 Å². The molecule has 0 heterocycles. The molecule has 4 atom stereocenters. The lowest BCUT2D eigenvalue weighted by atomic mass is 10.1. The lowest BCUT2D eigenvalue weighted by Gasteiger charge is -2.45. The summed E-state index contributed by atoms with van der Waals surface area (Å²) in [5, 5.41) is 11.9. The second-order valence-corrected chi connectivity index (χ2v) is 13.1. The summed E-state index contributed by atoms with van der Waals surface area (Å²) in [4.78, 5) is 0. The average Bonchev–Trinajstić information content (AvgIpc) is 3.12. The summed E-state index contributed by atoms with van der Waals surface area (Å²) in [5.41, 5.74) is 0. The molecule has 0 amide bonds. The molecule has 0 radical (unpaired) electrons. The van der Waals surface area contributed by atoms with E-state index < -0.39 is 8.32 Å². The van der Waals surface area contributed by atoms with Gasteiger partial charge in [-0.05, 0) is 40.1 Å². The number of nitriles is 1. The largest absolute Gasteiger partial charge is 0.404 e. The van der Waals surface area contributed by atoms with Gasteiger partial charge in [-0.2, -0.15) is 5.26 Å². The summed E-state index contributed by atoms with van der Waals surface area (Å²) in [6.45, 7) is 6.98. The molecular formula is C23H27NOSi. The van der Waals surface area contributed by atoms with Crippen molar-refractivity contribution in [3.05, 3.63) is 60.7 Å². The third kappa shape index (κ3) is 2.73. The molecular weight excluding hydrogens is 334 g/mol. The SMILES string of the molecule is CC(C)(C)[Si](OC1C[C@@H]2C(C#N)[C@@H]2C1)(c1ccccc1)c1ccccc1. The molecule has 2 aromatic rings. The Kier molecular flexibility index (Phi) is 4.29. The Balaban J connectivity index is 1.75. The van der Waals surface area contributed by atoms with E-state index >= 15 is 0 Å². The van der Waals surface area contributed by atoms with Crippen LogP contribution in [0.25, 0.3) is 0 Å². The molecule has 2 aliphatic carbocycles. The number of hydrogen-bond acceptors (Lipinski definition) is 2. The predicted molar refractivity (Wildman–Crippen MR) is 108 cm³/mol. The second kappa shape index (κ2) is 6.37. The first-order valence-corrected chi connectivity index (χ1v) is 11.6. The second-order valence-electron chi connectivity index (χ2n) is 8.86. The summed E-state index contributed by atoms with van der Waals surface area (Å²) >= 11 is 0. The molecule has 26 heavy (non-hydrogen) atoms. The smallest absolute Gasteiger partial charge is 0.261 e. The Morgan fingerprint density at radius 1 is 0.885 bits per heavy atom. The van der Waals surface area contributed by atoms with E-state index in [4.69, 9.17) is 4.43 Å². The Bertz CT molecular complexity index is 754. The number of fused-ring (bicyclic) bond motifs is 1. The Morgan fingerprint density at radius 2 is 1.35 bits per heavy atom. The van der Waals surface area contributed by atoms with E-state index in [0.29, 0.717) is 11.8 Å². The van der Waals surface area contributed by atoms with E-state index in [-0.39, 0.29) is 17.1 Å². The Morgan fingerprint density at radius 3 is 1.73 bits per heavy atom. The highest BCUT2D eigenvalue weighted by molar-refractivity contribution is 6.99. The van der Waals surface area contributed by atoms with Crippen LogP contribution in [0.1, 0.15) is 33.6 Å². The lowest BCUT2D eigenvalue weighted by Crippen LogP contribution is -2.67. The third-order valence-electron chi connectivity index (χ3n) is 6.31. The maximum atomic E-state index is 9.23. The minimum Gasteiger partial charge on any atom is -0.404 e. The van der Waals surface area contributed by atoms with Gasteiger partial charge in [0.05, 0.1) is 12.0 Å². The first-order chi connectivity index (χ1) is 12.5. The molecule has 0 bridgehead atoms. The molecule has 3 heteroatoms. The number of hydrogen-bond donors (Lipinski definition) is 0. The normalized spacial score (nSPS) is 27.6. The van der Waals surface area contributed by atoms with Crippen LogP contribution in [0.2, 0.25) is 5.04 Å². The molecule has 2 aliphatic rings. The minimum atomic E-state index is -2.44. The molecule has 0 saturated heterocycles. The van der Waals surface area contributed by atoms with Crippen LogP contribution >= 0.6 is 0 Å². The van der Waals surface area contributed by atoms with E-state index in [2.05, 4.69) is 87.5 Å². The molecule has 0 aromatic heterocycles. The number of nitrogens with zero attached hydrogens (tertiary/aromatic N) is 1. The fraction of sp³-hybridized carbons (Fsp3) is 0.435. The van der Waals surface area contributed by atoms with Crippen molar-refractivity contribution in [1.82, 2.24) is 0 Å². The third-order valence-corrected chi connectivity index (χ3v) is 11.4. The van der Waals surface area contributed by atoms with Crippen LogP contribution in [0.15, 0.2) is 60.7 Å². The lowest BCUT2D eigenvalue weighted by molar-refractivity contribution is 0.177. The summed E-state index contributed by atoms with van der Waals surface area (Å²) in [5.74, 6) is 1.43. The van der Waals surface area contributed by atoms with Gasteiger partial charge in [0.25, 0.3) is 8.32 Å². The monoisotopic (exact) mass is 361 g/mol. The van der Waals surface area contributed by atoms with Crippen molar-refractivity contribution >= 4 is 18.7 Å². The Labute approximate surface area is 158 Å². The van der Waals surface area contributed by atoms with Crippen molar-refractivity contribution in [2.24, 2.45) is 17.8 Å². The van der Waals surface area contributed by atoms with E-state index in [1.54, 1.807) is 0 Å². The van der Waals surface area contributed by atoms with Crippen LogP contribution in [-0.4, -0.2) is 14.4 Å². The van der Waals surface area contributed by atoms with Gasteiger partial charge in [-0.25, -0.2) is 0 Å². The molecule has 2 saturated carbocycles. The quantitative estimate of drug-likeness (QED) is 0.768. The van der Waals surface area contributed by atoms with Crippen molar-refractivity contribution in [1.29, 1.82) is 5.26 Å². The van der Waals surface area contributed by atoms with Crippen LogP contribution in [0, 0.1) is 29.1 Å². The van der Waals surface area contributed by atoms with Gasteiger partial charge in [0, 0.05) is 6.10 Å². The van der Waals surface area contributed by atoms with Gasteiger partial charge in [0.1, 0.15) is 0 Å². The van der Waals surface area contributed by atoms with Gasteiger partial charge in [-0.1, -0.05) is 81.4 Å². The molecule has 0 spiro atoms. The van der Waals surface area contributed by atoms with E-state index in [9.17, 15) is 5.26 Å². The standard InChI is InChI=1S/C23H27NOSi/c1-23(2,3)26(18-10-6-4-7-11-18,19-12-8-5-9-13-19)25-17-14-20-21(15-17)22(20)16-24/h4-13,17,20-22H,14-15H2,1-3H3/t17?,20-,21+,22?. The molecule has 4 rings (SSSR count). The fourth-order valence-corrected chi connectivity index (χ4v) is 9.73. The zero-order valence-corrected chi connectivity index (χ0v) is 16.9. The zero-order chi connectivity index (χ0) is 18.4. The highest BCUT2D eigenvalue weighted by Crippen LogP contribution is 2.58. The zero-order valence-electron chi connectivity index (χ0n) is 15.9. The number of benzene rings is 2. The van der Waals surface area contributed by atoms with Crippen LogP contribution in [0.4, 0.5) is 0 Å². The van der Waals surface area contributed by atoms with Gasteiger partial charge in [-0.3, -0.25) is 0 Å². The highest BCUT2D eigenvalue weighted by Gasteiger charge is 2.59. The van der Waals surface area contributed by atoms with Gasteiger partial charge in [0.2, 0.25) is 0 Å². The minimum absolute atomic E-state index is 0.0249. The molecule has 2 aromatic carbocycles. The number of rotatable bonds is 4. The Hall–Kier alpha value is -1.89. The topological polar surface area (TPSA) is 33.0 Å². The average molecular weight is 362 g/mol. The molecule has 0 aliphatic heterocycles. The molecule has 0 N–H and O–H groups in total. The van der Waals surface area contributed by atoms with Gasteiger partial charge in [-0.15, -0.1) is 0 Å². The van der Waals surface area contributed by atoms with E-state index in [0.717, 1.165) is 12.8 Å². The van der Waals surface area contributed by atoms with Gasteiger partial charge < -0.3 is 4.43 Å². The van der Waals surface area contributed by atoms with Crippen LogP contribution < -0.4 is 10.4 Å². The molecule has 2 unspecified atom stereocenters. The molecule has 134 valence electrons. The summed E-state index contributed by atoms with van der Waals surface area (Å²) in [7, 11) is -2.44.